The molecule has 0 amide bonds. The van der Waals surface area contributed by atoms with Crippen molar-refractivity contribution in [2.24, 2.45) is 5.92 Å². The predicted molar refractivity (Wildman–Crippen MR) is 96.5 cm³/mol. The third-order valence-electron chi connectivity index (χ3n) is 3.87. The highest BCUT2D eigenvalue weighted by molar-refractivity contribution is 8.00. The molecule has 2 nitrogen and oxygen atoms in total. The van der Waals surface area contributed by atoms with Crippen LogP contribution in [0.2, 0.25) is 0 Å². The van der Waals surface area contributed by atoms with Crippen LogP contribution in [0.5, 0.6) is 0 Å². The quantitative estimate of drug-likeness (QED) is 0.882. The summed E-state index contributed by atoms with van der Waals surface area (Å²) in [7, 11) is 0. The Hall–Kier alpha value is -0.670. The lowest BCUT2D eigenvalue weighted by molar-refractivity contribution is 0.551. The number of rotatable bonds is 5. The molecule has 0 aliphatic carbocycles. The summed E-state index contributed by atoms with van der Waals surface area (Å²) in [6.45, 7) is 15.8. The standard InChI is InChI=1S/C18H30N2S/c1-14(2)11-19-12-16-10-15(3)6-7-17(16)20-8-9-21-18(4,5)13-20/h6-7,10,14,19H,8-9,11-13H2,1-5H3. The van der Waals surface area contributed by atoms with Gasteiger partial charge in [0.05, 0.1) is 0 Å². The van der Waals surface area contributed by atoms with Gasteiger partial charge in [0.1, 0.15) is 0 Å². The molecule has 1 fully saturated rings. The van der Waals surface area contributed by atoms with Crippen molar-refractivity contribution in [2.75, 3.05) is 30.3 Å². The molecule has 1 heterocycles. The molecule has 0 unspecified atom stereocenters. The number of hydrogen-bond donors (Lipinski definition) is 1. The van der Waals surface area contributed by atoms with Gasteiger partial charge in [0.25, 0.3) is 0 Å². The Balaban J connectivity index is 2.14. The normalized spacial score (nSPS) is 18.3. The van der Waals surface area contributed by atoms with Crippen LogP contribution in [-0.2, 0) is 6.54 Å². The number of hydrogen-bond acceptors (Lipinski definition) is 3. The summed E-state index contributed by atoms with van der Waals surface area (Å²) in [6.07, 6.45) is 0. The summed E-state index contributed by atoms with van der Waals surface area (Å²) in [6, 6.07) is 6.90. The van der Waals surface area contributed by atoms with E-state index >= 15 is 0 Å². The maximum Gasteiger partial charge on any atom is 0.0412 e. The van der Waals surface area contributed by atoms with Crippen LogP contribution in [0.25, 0.3) is 0 Å². The molecule has 3 heteroatoms. The van der Waals surface area contributed by atoms with Crippen molar-refractivity contribution in [2.45, 2.75) is 45.9 Å². The van der Waals surface area contributed by atoms with Crippen LogP contribution in [0.3, 0.4) is 0 Å². The molecule has 1 saturated heterocycles. The first-order valence-corrected chi connectivity index (χ1v) is 9.05. The van der Waals surface area contributed by atoms with E-state index in [1.54, 1.807) is 0 Å². The maximum atomic E-state index is 3.60. The number of benzene rings is 1. The number of thioether (sulfide) groups is 1. The van der Waals surface area contributed by atoms with Gasteiger partial charge in [0.15, 0.2) is 0 Å². The predicted octanol–water partition coefficient (Wildman–Crippen LogP) is 4.07. The highest BCUT2D eigenvalue weighted by atomic mass is 32.2. The zero-order valence-corrected chi connectivity index (χ0v) is 15.0. The van der Waals surface area contributed by atoms with Crippen molar-refractivity contribution >= 4 is 17.4 Å². The first-order chi connectivity index (χ1) is 9.87. The molecule has 0 aromatic heterocycles. The smallest absolute Gasteiger partial charge is 0.0412 e. The highest BCUT2D eigenvalue weighted by Crippen LogP contribution is 2.33. The minimum absolute atomic E-state index is 0.353. The van der Waals surface area contributed by atoms with Gasteiger partial charge in [-0.15, -0.1) is 0 Å². The van der Waals surface area contributed by atoms with Crippen LogP contribution in [0, 0.1) is 12.8 Å². The van der Waals surface area contributed by atoms with Crippen molar-refractivity contribution < 1.29 is 0 Å². The SMILES string of the molecule is Cc1ccc(N2CCSC(C)(C)C2)c(CNCC(C)C)c1. The Labute approximate surface area is 134 Å². The van der Waals surface area contributed by atoms with Crippen molar-refractivity contribution in [3.05, 3.63) is 29.3 Å². The fourth-order valence-corrected chi connectivity index (χ4v) is 3.99. The summed E-state index contributed by atoms with van der Waals surface area (Å²) in [5.41, 5.74) is 4.22. The van der Waals surface area contributed by atoms with Gasteiger partial charge < -0.3 is 10.2 Å². The fourth-order valence-electron chi connectivity index (χ4n) is 2.88. The first-order valence-electron chi connectivity index (χ1n) is 8.06. The van der Waals surface area contributed by atoms with Crippen molar-refractivity contribution in [3.63, 3.8) is 0 Å². The van der Waals surface area contributed by atoms with E-state index in [2.05, 4.69) is 74.8 Å². The molecule has 118 valence electrons. The van der Waals surface area contributed by atoms with E-state index in [1.165, 1.54) is 22.6 Å². The summed E-state index contributed by atoms with van der Waals surface area (Å²) in [4.78, 5) is 2.57. The molecule has 1 aromatic rings. The van der Waals surface area contributed by atoms with Gasteiger partial charge in [-0.1, -0.05) is 31.5 Å². The average Bonchev–Trinajstić information content (AvgIpc) is 2.37. The van der Waals surface area contributed by atoms with Crippen LogP contribution in [0.1, 0.15) is 38.8 Å². The number of nitrogens with one attached hydrogen (secondary N) is 1. The van der Waals surface area contributed by atoms with Gasteiger partial charge in [-0.05, 0) is 44.9 Å². The van der Waals surface area contributed by atoms with Crippen molar-refractivity contribution in [1.29, 1.82) is 0 Å². The number of anilines is 1. The Kier molecular flexibility index (Phi) is 5.61. The van der Waals surface area contributed by atoms with E-state index in [4.69, 9.17) is 0 Å². The minimum atomic E-state index is 0.353. The molecule has 21 heavy (non-hydrogen) atoms. The monoisotopic (exact) mass is 306 g/mol. The van der Waals surface area contributed by atoms with E-state index in [-0.39, 0.29) is 0 Å². The Bertz CT molecular complexity index is 468. The Morgan fingerprint density at radius 3 is 2.76 bits per heavy atom. The summed E-state index contributed by atoms with van der Waals surface area (Å²) < 4.78 is 0.353. The number of aryl methyl sites for hydroxylation is 1. The molecule has 2 rings (SSSR count). The average molecular weight is 307 g/mol. The highest BCUT2D eigenvalue weighted by Gasteiger charge is 2.28. The Morgan fingerprint density at radius 2 is 2.10 bits per heavy atom. The molecule has 1 aromatic carbocycles. The molecule has 0 radical (unpaired) electrons. The molecular weight excluding hydrogens is 276 g/mol. The van der Waals surface area contributed by atoms with Crippen LogP contribution in [0.4, 0.5) is 5.69 Å². The Morgan fingerprint density at radius 1 is 1.33 bits per heavy atom. The topological polar surface area (TPSA) is 15.3 Å². The summed E-state index contributed by atoms with van der Waals surface area (Å²) in [5, 5.41) is 3.60. The minimum Gasteiger partial charge on any atom is -0.369 e. The van der Waals surface area contributed by atoms with Crippen LogP contribution < -0.4 is 10.2 Å². The zero-order valence-electron chi connectivity index (χ0n) is 14.2. The third kappa shape index (κ3) is 4.93. The molecule has 0 bridgehead atoms. The summed E-state index contributed by atoms with van der Waals surface area (Å²) >= 11 is 2.09. The lowest BCUT2D eigenvalue weighted by Gasteiger charge is -2.40. The van der Waals surface area contributed by atoms with E-state index in [9.17, 15) is 0 Å². The van der Waals surface area contributed by atoms with Gasteiger partial charge in [0.2, 0.25) is 0 Å². The fraction of sp³-hybridized carbons (Fsp3) is 0.667. The third-order valence-corrected chi connectivity index (χ3v) is 5.17. The van der Waals surface area contributed by atoms with Crippen LogP contribution in [0.15, 0.2) is 18.2 Å². The molecule has 1 aliphatic rings. The largest absolute Gasteiger partial charge is 0.369 e. The second-order valence-corrected chi connectivity index (χ2v) is 8.99. The molecule has 1 aliphatic heterocycles. The molecule has 0 saturated carbocycles. The molecule has 1 N–H and O–H groups in total. The van der Waals surface area contributed by atoms with Crippen molar-refractivity contribution in [1.82, 2.24) is 5.32 Å². The first kappa shape index (κ1) is 16.7. The van der Waals surface area contributed by atoms with E-state index in [0.29, 0.717) is 10.7 Å². The van der Waals surface area contributed by atoms with Crippen molar-refractivity contribution in [3.8, 4) is 0 Å². The molecular formula is C18H30N2S. The zero-order chi connectivity index (χ0) is 15.5. The van der Waals surface area contributed by atoms with E-state index < -0.39 is 0 Å². The lowest BCUT2D eigenvalue weighted by Crippen LogP contribution is -2.43. The lowest BCUT2D eigenvalue weighted by atomic mass is 10.1. The maximum absolute atomic E-state index is 3.60. The van der Waals surface area contributed by atoms with Gasteiger partial charge >= 0.3 is 0 Å². The van der Waals surface area contributed by atoms with E-state index in [0.717, 1.165) is 26.2 Å². The molecule has 0 spiro atoms. The van der Waals surface area contributed by atoms with Gasteiger partial charge in [-0.2, -0.15) is 11.8 Å². The second-order valence-electron chi connectivity index (χ2n) is 7.19. The van der Waals surface area contributed by atoms with Crippen LogP contribution >= 0.6 is 11.8 Å². The second kappa shape index (κ2) is 7.06. The summed E-state index contributed by atoms with van der Waals surface area (Å²) in [5.74, 6) is 1.92. The van der Waals surface area contributed by atoms with E-state index in [1.807, 2.05) is 0 Å². The van der Waals surface area contributed by atoms with Gasteiger partial charge in [-0.3, -0.25) is 0 Å². The van der Waals surface area contributed by atoms with Gasteiger partial charge in [0, 0.05) is 35.8 Å². The van der Waals surface area contributed by atoms with Crippen LogP contribution in [-0.4, -0.2) is 30.1 Å². The molecule has 0 atom stereocenters. The number of nitrogens with zero attached hydrogens (tertiary/aromatic N) is 1. The van der Waals surface area contributed by atoms with Gasteiger partial charge in [-0.25, -0.2) is 0 Å².